The van der Waals surface area contributed by atoms with Gasteiger partial charge in [0.15, 0.2) is 0 Å². The molecule has 0 aliphatic carbocycles. The average Bonchev–Trinajstić information content (AvgIpc) is 2.64. The Bertz CT molecular complexity index is 1020. The lowest BCUT2D eigenvalue weighted by Crippen LogP contribution is -2.39. The number of amides is 1. The number of hydrogen-bond donors (Lipinski definition) is 1. The summed E-state index contributed by atoms with van der Waals surface area (Å²) in [5.74, 6) is 0.258. The van der Waals surface area contributed by atoms with E-state index in [0.717, 1.165) is 21.0 Å². The highest BCUT2D eigenvalue weighted by Gasteiger charge is 2.24. The molecule has 0 spiro atoms. The molecule has 0 bridgehead atoms. The number of ether oxygens (including phenoxy) is 1. The van der Waals surface area contributed by atoms with Crippen molar-refractivity contribution in [2.24, 2.45) is 0 Å². The molecule has 158 valence electrons. The summed E-state index contributed by atoms with van der Waals surface area (Å²) in [7, 11) is -0.849. The monoisotopic (exact) mass is 418 g/mol. The largest absolute Gasteiger partial charge is 0.496 e. The second kappa shape index (κ2) is 8.97. The highest BCUT2D eigenvalue weighted by molar-refractivity contribution is 7.89. The lowest BCUT2D eigenvalue weighted by Gasteiger charge is -2.21. The fraction of sp³-hybridized carbons (Fsp3) is 0.409. The number of likely N-dealkylation sites (N-methyl/N-ethyl adjacent to an activating group) is 1. The van der Waals surface area contributed by atoms with E-state index in [0.29, 0.717) is 11.3 Å². The number of nitrogens with zero attached hydrogens (tertiary/aromatic N) is 1. The molecule has 6 nitrogen and oxygen atoms in total. The van der Waals surface area contributed by atoms with Crippen LogP contribution in [0, 0.1) is 27.7 Å². The molecule has 2 rings (SSSR count). The van der Waals surface area contributed by atoms with Crippen molar-refractivity contribution >= 4 is 15.9 Å². The molecule has 1 atom stereocenters. The van der Waals surface area contributed by atoms with Gasteiger partial charge in [0.2, 0.25) is 15.9 Å². The third-order valence-corrected chi connectivity index (χ3v) is 6.97. The average molecular weight is 419 g/mol. The molecule has 7 heteroatoms. The van der Waals surface area contributed by atoms with Crippen LogP contribution in [0.2, 0.25) is 0 Å². The van der Waals surface area contributed by atoms with Crippen LogP contribution in [-0.2, 0) is 14.8 Å². The van der Waals surface area contributed by atoms with Crippen LogP contribution >= 0.6 is 0 Å². The van der Waals surface area contributed by atoms with Crippen molar-refractivity contribution in [1.82, 2.24) is 9.62 Å². The highest BCUT2D eigenvalue weighted by atomic mass is 32.2. The molecule has 2 aromatic rings. The predicted molar refractivity (Wildman–Crippen MR) is 115 cm³/mol. The molecule has 0 fully saturated rings. The molecule has 0 saturated heterocycles. The molecule has 0 aliphatic heterocycles. The van der Waals surface area contributed by atoms with E-state index in [1.807, 2.05) is 20.8 Å². The van der Waals surface area contributed by atoms with Crippen LogP contribution in [0.15, 0.2) is 35.2 Å². The summed E-state index contributed by atoms with van der Waals surface area (Å²) in [5, 5.41) is 2.90. The second-order valence-corrected chi connectivity index (χ2v) is 9.52. The maximum Gasteiger partial charge on any atom is 0.243 e. The molecule has 29 heavy (non-hydrogen) atoms. The number of methoxy groups -OCH3 is 1. The molecule has 1 amide bonds. The maximum absolute atomic E-state index is 12.8. The lowest BCUT2D eigenvalue weighted by atomic mass is 9.96. The Labute approximate surface area is 173 Å². The predicted octanol–water partition coefficient (Wildman–Crippen LogP) is 3.43. The Kier molecular flexibility index (Phi) is 7.08. The first-order valence-electron chi connectivity index (χ1n) is 9.45. The number of hydrogen-bond acceptors (Lipinski definition) is 4. The summed E-state index contributed by atoms with van der Waals surface area (Å²) in [6, 6.07) is 8.58. The van der Waals surface area contributed by atoms with Gasteiger partial charge in [-0.3, -0.25) is 4.79 Å². The third-order valence-electron chi connectivity index (χ3n) is 5.17. The van der Waals surface area contributed by atoms with E-state index in [1.54, 1.807) is 19.1 Å². The van der Waals surface area contributed by atoms with Crippen molar-refractivity contribution in [1.29, 1.82) is 0 Å². The van der Waals surface area contributed by atoms with Gasteiger partial charge in [-0.1, -0.05) is 12.1 Å². The fourth-order valence-electron chi connectivity index (χ4n) is 3.29. The van der Waals surface area contributed by atoms with Crippen LogP contribution in [0.5, 0.6) is 5.75 Å². The quantitative estimate of drug-likeness (QED) is 0.747. The van der Waals surface area contributed by atoms with Crippen LogP contribution in [-0.4, -0.2) is 39.3 Å². The van der Waals surface area contributed by atoms with E-state index in [9.17, 15) is 13.2 Å². The van der Waals surface area contributed by atoms with Crippen LogP contribution in [0.1, 0.15) is 40.8 Å². The van der Waals surface area contributed by atoms with Gasteiger partial charge in [-0.05, 0) is 80.6 Å². The summed E-state index contributed by atoms with van der Waals surface area (Å²) >= 11 is 0. The second-order valence-electron chi connectivity index (χ2n) is 7.47. The summed E-state index contributed by atoms with van der Waals surface area (Å²) in [5.41, 5.74) is 5.19. The van der Waals surface area contributed by atoms with Gasteiger partial charge in [0, 0.05) is 7.05 Å². The van der Waals surface area contributed by atoms with Gasteiger partial charge in [0.25, 0.3) is 0 Å². The molecule has 1 N–H and O–H groups in total. The van der Waals surface area contributed by atoms with Crippen molar-refractivity contribution in [3.05, 3.63) is 58.1 Å². The van der Waals surface area contributed by atoms with Crippen molar-refractivity contribution in [2.75, 3.05) is 20.7 Å². The Hall–Kier alpha value is -2.38. The zero-order valence-corrected chi connectivity index (χ0v) is 19.0. The maximum atomic E-state index is 12.8. The molecule has 0 aromatic heterocycles. The van der Waals surface area contributed by atoms with E-state index >= 15 is 0 Å². The summed E-state index contributed by atoms with van der Waals surface area (Å²) in [6.45, 7) is 9.50. The first-order chi connectivity index (χ1) is 13.5. The number of sulfonamides is 1. The third kappa shape index (κ3) is 5.16. The fourth-order valence-corrected chi connectivity index (χ4v) is 4.51. The minimum atomic E-state index is -3.79. The Morgan fingerprint density at radius 2 is 1.66 bits per heavy atom. The SMILES string of the molecule is COc1ccc(S(=O)(=O)N(C)CC(=O)N[C@H](C)c2cc(C)c(C)cc2C)cc1C. The topological polar surface area (TPSA) is 75.7 Å². The molecule has 2 aromatic carbocycles. The zero-order valence-electron chi connectivity index (χ0n) is 18.2. The van der Waals surface area contributed by atoms with Crippen molar-refractivity contribution in [3.63, 3.8) is 0 Å². The number of carbonyl (C=O) groups excluding carboxylic acids is 1. The molecule has 0 saturated carbocycles. The summed E-state index contributed by atoms with van der Waals surface area (Å²) in [4.78, 5) is 12.6. The van der Waals surface area contributed by atoms with Crippen LogP contribution in [0.4, 0.5) is 0 Å². The summed E-state index contributed by atoms with van der Waals surface area (Å²) in [6.07, 6.45) is 0. The van der Waals surface area contributed by atoms with E-state index in [1.165, 1.54) is 25.8 Å². The van der Waals surface area contributed by atoms with E-state index in [4.69, 9.17) is 4.74 Å². The standard InChI is InChI=1S/C22H30N2O4S/c1-14-10-16(3)20(12-15(14)2)18(5)23-22(25)13-24(6)29(26,27)19-8-9-21(28-7)17(4)11-19/h8-12,18H,13H2,1-7H3,(H,23,25)/t18-/m1/s1. The molecule has 0 aliphatic rings. The van der Waals surface area contributed by atoms with Gasteiger partial charge >= 0.3 is 0 Å². The first-order valence-corrected chi connectivity index (χ1v) is 10.9. The molecule has 0 radical (unpaired) electrons. The number of rotatable bonds is 7. The number of nitrogens with one attached hydrogen (secondary N) is 1. The Morgan fingerprint density at radius 3 is 2.24 bits per heavy atom. The molecular formula is C22H30N2O4S. The van der Waals surface area contributed by atoms with Crippen LogP contribution in [0.25, 0.3) is 0 Å². The van der Waals surface area contributed by atoms with Gasteiger partial charge in [-0.25, -0.2) is 8.42 Å². The lowest BCUT2D eigenvalue weighted by molar-refractivity contribution is -0.121. The minimum Gasteiger partial charge on any atom is -0.496 e. The van der Waals surface area contributed by atoms with E-state index < -0.39 is 10.0 Å². The normalized spacial score (nSPS) is 12.7. The Balaban J connectivity index is 2.11. The van der Waals surface area contributed by atoms with Gasteiger partial charge in [0.05, 0.1) is 24.6 Å². The van der Waals surface area contributed by atoms with Crippen LogP contribution < -0.4 is 10.1 Å². The molecular weight excluding hydrogens is 388 g/mol. The van der Waals surface area contributed by atoms with Gasteiger partial charge < -0.3 is 10.1 Å². The Morgan fingerprint density at radius 1 is 1.03 bits per heavy atom. The number of carbonyl (C=O) groups is 1. The van der Waals surface area contributed by atoms with E-state index in [-0.39, 0.29) is 23.4 Å². The molecule has 0 unspecified atom stereocenters. The number of aryl methyl sites for hydroxylation is 4. The zero-order chi connectivity index (χ0) is 21.9. The molecule has 0 heterocycles. The highest BCUT2D eigenvalue weighted by Crippen LogP contribution is 2.24. The summed E-state index contributed by atoms with van der Waals surface area (Å²) < 4.78 is 31.9. The first kappa shape index (κ1) is 22.9. The van der Waals surface area contributed by atoms with Crippen molar-refractivity contribution < 1.29 is 17.9 Å². The van der Waals surface area contributed by atoms with Gasteiger partial charge in [-0.2, -0.15) is 4.31 Å². The smallest absolute Gasteiger partial charge is 0.243 e. The van der Waals surface area contributed by atoms with Gasteiger partial charge in [-0.15, -0.1) is 0 Å². The van der Waals surface area contributed by atoms with Gasteiger partial charge in [0.1, 0.15) is 5.75 Å². The van der Waals surface area contributed by atoms with Crippen molar-refractivity contribution in [2.45, 2.75) is 45.6 Å². The van der Waals surface area contributed by atoms with Crippen molar-refractivity contribution in [3.8, 4) is 5.75 Å². The minimum absolute atomic E-state index is 0.129. The van der Waals surface area contributed by atoms with Crippen LogP contribution in [0.3, 0.4) is 0 Å². The van der Waals surface area contributed by atoms with E-state index in [2.05, 4.69) is 24.4 Å². The number of benzene rings is 2.